The zero-order valence-electron chi connectivity index (χ0n) is 56.0. The SMILES string of the molecule is CCCCCCCCCCCCCCCC(=O)O[C@H](CO[C@@H](O)CCCCCCCCCCCCCCC)CO[P+]([O-])(O)OCCNC(=O)CCC(=O)NCCCCCCN1Cc2cc([C@H](O)N(C)Cc3nc4ccccc4[nH]3)ccc2N[C@@H](CC(=O)O)[C@@H]1O.[Na+]. The van der Waals surface area contributed by atoms with Crippen molar-refractivity contribution in [1.29, 1.82) is 0 Å². The Hall–Kier alpha value is -3.38. The number of unbranched alkanes of at least 4 members (excludes halogenated alkanes) is 27. The summed E-state index contributed by atoms with van der Waals surface area (Å²) in [6, 6.07) is 12.4. The minimum absolute atomic E-state index is 0. The van der Waals surface area contributed by atoms with Gasteiger partial charge in [-0.2, -0.15) is 13.9 Å². The molecule has 23 heteroatoms. The van der Waals surface area contributed by atoms with Gasteiger partial charge >= 0.3 is 49.7 Å². The average Bonchev–Trinajstić information content (AvgIpc) is 2.40. The number of aromatic nitrogens is 2. The van der Waals surface area contributed by atoms with Crippen molar-refractivity contribution in [3.63, 3.8) is 0 Å². The van der Waals surface area contributed by atoms with Gasteiger partial charge < -0.3 is 55.7 Å². The Balaban J connectivity index is 0.0000216. The number of aliphatic carboxylic acids is 1. The van der Waals surface area contributed by atoms with Crippen LogP contribution in [0.25, 0.3) is 11.0 Å². The van der Waals surface area contributed by atoms with E-state index in [0.29, 0.717) is 68.9 Å². The number of para-hydroxylation sites is 2. The summed E-state index contributed by atoms with van der Waals surface area (Å²) in [5, 5.41) is 51.8. The van der Waals surface area contributed by atoms with Crippen molar-refractivity contribution in [2.75, 3.05) is 51.8 Å². The molecule has 21 nitrogen and oxygen atoms in total. The van der Waals surface area contributed by atoms with E-state index in [1.54, 1.807) is 18.0 Å². The number of nitrogens with one attached hydrogen (secondary N) is 4. The summed E-state index contributed by atoms with van der Waals surface area (Å²) >= 11 is 0. The van der Waals surface area contributed by atoms with Crippen molar-refractivity contribution in [2.24, 2.45) is 0 Å². The Morgan fingerprint density at radius 1 is 0.714 bits per heavy atom. The van der Waals surface area contributed by atoms with Crippen molar-refractivity contribution < 1.29 is 97.5 Å². The molecule has 0 radical (unpaired) electrons. The van der Waals surface area contributed by atoms with Gasteiger partial charge in [0, 0.05) is 51.1 Å². The molecule has 2 amide bonds. The Bertz CT molecular complexity index is 2380. The molecule has 0 bridgehead atoms. The monoisotopic (exact) mass is 1310 g/mol. The molecule has 0 aliphatic carbocycles. The molecule has 2 heterocycles. The number of imidazole rings is 1. The van der Waals surface area contributed by atoms with E-state index >= 15 is 0 Å². The second-order valence-corrected chi connectivity index (χ2v) is 26.2. The van der Waals surface area contributed by atoms with Crippen LogP contribution in [0.1, 0.15) is 262 Å². The molecule has 4 rings (SSSR count). The number of carboxylic acid groups (broad SMARTS) is 1. The van der Waals surface area contributed by atoms with Gasteiger partial charge in [0.1, 0.15) is 31.5 Å². The number of hydrogen-bond acceptors (Lipinski definition) is 17. The van der Waals surface area contributed by atoms with Gasteiger partial charge in [-0.1, -0.05) is 199 Å². The number of esters is 1. The van der Waals surface area contributed by atoms with Gasteiger partial charge in [-0.3, -0.25) is 29.0 Å². The number of fused-ring (bicyclic) bond motifs is 2. The fourth-order valence-electron chi connectivity index (χ4n) is 11.4. The summed E-state index contributed by atoms with van der Waals surface area (Å²) in [4.78, 5) is 84.9. The molecule has 1 aromatic heterocycles. The largest absolute Gasteiger partial charge is 1.00 e. The first-order chi connectivity index (χ1) is 43.6. The van der Waals surface area contributed by atoms with Gasteiger partial charge in [0.05, 0.1) is 36.6 Å². The summed E-state index contributed by atoms with van der Waals surface area (Å²) in [6.45, 7) is 4.77. The van der Waals surface area contributed by atoms with Crippen LogP contribution in [0.15, 0.2) is 42.5 Å². The van der Waals surface area contributed by atoms with Crippen LogP contribution in [0.5, 0.6) is 0 Å². The van der Waals surface area contributed by atoms with E-state index in [9.17, 15) is 49.4 Å². The van der Waals surface area contributed by atoms with Gasteiger partial charge in [0.2, 0.25) is 11.8 Å². The second-order valence-electron chi connectivity index (χ2n) is 24.8. The minimum Gasteiger partial charge on any atom is -0.606 e. The number of phosphoric ester groups is 1. The number of rotatable bonds is 55. The maximum absolute atomic E-state index is 12.9. The van der Waals surface area contributed by atoms with Crippen molar-refractivity contribution in [3.05, 3.63) is 59.4 Å². The number of phosphoric acid groups is 1. The fourth-order valence-corrected chi connectivity index (χ4v) is 12.1. The first-order valence-electron chi connectivity index (χ1n) is 34.6. The molecule has 3 aromatic rings. The number of carbonyl (C=O) groups is 4. The molecule has 0 saturated carbocycles. The molecule has 1 aliphatic heterocycles. The molecular formula is C68H116N7NaO14P+. The number of aromatic amines is 1. The third-order valence-electron chi connectivity index (χ3n) is 16.7. The van der Waals surface area contributed by atoms with Crippen LogP contribution in [0.2, 0.25) is 0 Å². The van der Waals surface area contributed by atoms with Gasteiger partial charge in [-0.05, 0) is 74.5 Å². The first kappa shape index (κ1) is 81.9. The normalized spacial score (nSPS) is 15.9. The summed E-state index contributed by atoms with van der Waals surface area (Å²) in [5.74, 6) is -1.58. The molecular weight excluding hydrogens is 1190 g/mol. The number of nitrogens with zero attached hydrogens (tertiary/aromatic N) is 3. The van der Waals surface area contributed by atoms with Crippen molar-refractivity contribution in [2.45, 2.75) is 283 Å². The predicted octanol–water partition coefficient (Wildman–Crippen LogP) is 8.92. The number of aliphatic hydroxyl groups is 3. The van der Waals surface area contributed by atoms with Crippen molar-refractivity contribution in [3.8, 4) is 0 Å². The van der Waals surface area contributed by atoms with Gasteiger partial charge in [-0.25, -0.2) is 4.98 Å². The molecule has 9 N–H and O–H groups in total. The van der Waals surface area contributed by atoms with E-state index in [1.807, 2.05) is 41.3 Å². The van der Waals surface area contributed by atoms with E-state index in [4.69, 9.17) is 18.5 Å². The molecule has 0 spiro atoms. The number of carboxylic acids is 1. The number of anilines is 1. The van der Waals surface area contributed by atoms with E-state index in [1.165, 1.54) is 116 Å². The third-order valence-corrected chi connectivity index (χ3v) is 17.7. The molecule has 1 aliphatic rings. The van der Waals surface area contributed by atoms with Crippen LogP contribution >= 0.6 is 8.17 Å². The number of carbonyl (C=O) groups excluding carboxylic acids is 3. The fraction of sp³-hybridized carbons (Fsp3) is 0.750. The number of H-pyrrole nitrogens is 1. The van der Waals surface area contributed by atoms with Crippen LogP contribution in [0, 0.1) is 0 Å². The van der Waals surface area contributed by atoms with Crippen molar-refractivity contribution >= 4 is 48.6 Å². The molecule has 2 aromatic carbocycles. The van der Waals surface area contributed by atoms with E-state index in [2.05, 4.69) is 39.8 Å². The number of benzene rings is 2. The van der Waals surface area contributed by atoms with Crippen LogP contribution in [-0.4, -0.2) is 140 Å². The smallest absolute Gasteiger partial charge is 0.606 e. The van der Waals surface area contributed by atoms with Gasteiger partial charge in [-0.15, -0.1) is 0 Å². The zero-order chi connectivity index (χ0) is 65.0. The molecule has 6 atom stereocenters. The zero-order valence-corrected chi connectivity index (χ0v) is 58.9. The van der Waals surface area contributed by atoms with Crippen LogP contribution in [0.4, 0.5) is 5.69 Å². The topological polar surface area (TPSA) is 301 Å². The van der Waals surface area contributed by atoms with Crippen LogP contribution in [0.3, 0.4) is 0 Å². The average molecular weight is 1310 g/mol. The van der Waals surface area contributed by atoms with Gasteiger partial charge in [0.15, 0.2) is 12.4 Å². The number of amides is 2. The summed E-state index contributed by atoms with van der Waals surface area (Å²) in [7, 11) is -2.87. The Morgan fingerprint density at radius 2 is 1.26 bits per heavy atom. The van der Waals surface area contributed by atoms with E-state index in [0.717, 1.165) is 74.4 Å². The van der Waals surface area contributed by atoms with Gasteiger partial charge in [0.25, 0.3) is 0 Å². The Labute approximate surface area is 567 Å². The maximum atomic E-state index is 12.9. The summed E-state index contributed by atoms with van der Waals surface area (Å²) in [5.41, 5.74) is 3.89. The standard InChI is InChI=1S/C68H116N7O14P.Na/c1-4-6-8-10-12-14-16-18-20-22-24-26-30-38-65(80)86-52-56(89-66(81)39-31-27-25-23-21-19-17-15-13-11-9-7-5-2)53-88-90(84,85)87-47-45-70-63(77)43-42-62(76)69-44-34-28-29-35-46-75-50-55-48-54(40-41-57(55)71-60(68(75)83)49-64(78)79)67(82)74(3)51-61-72-58-36-32-33-37-59(58)73-61;/h32-33,36-37,40-41,48,56,60,65,67-68,71,80,82-83H,4-31,34-35,38-39,42-47,49-53H2,1-3H3,(H,69,76)(H,70,77)(H,72,73)(H,78,79)(H,84,85);/q;+1/t56-,60+,65-,67+,68+;/m1./s1. The molecule has 91 heavy (non-hydrogen) atoms. The van der Waals surface area contributed by atoms with E-state index < -0.39 is 63.5 Å². The van der Waals surface area contributed by atoms with E-state index in [-0.39, 0.29) is 80.9 Å². The number of ether oxygens (including phenoxy) is 2. The quantitative estimate of drug-likeness (QED) is 0.00837. The minimum atomic E-state index is -4.67. The second kappa shape index (κ2) is 50.1. The molecule has 512 valence electrons. The van der Waals surface area contributed by atoms with Crippen LogP contribution < -0.4 is 50.4 Å². The predicted molar refractivity (Wildman–Crippen MR) is 352 cm³/mol. The third kappa shape index (κ3) is 37.5. The number of aliphatic hydroxyl groups excluding tert-OH is 3. The number of hydrogen-bond donors (Lipinski definition) is 9. The molecule has 0 fully saturated rings. The maximum Gasteiger partial charge on any atom is 1.00 e. The Kier molecular flexibility index (Phi) is 45.0. The first-order valence-corrected chi connectivity index (χ1v) is 36.1. The Morgan fingerprint density at radius 3 is 1.86 bits per heavy atom. The van der Waals surface area contributed by atoms with Crippen LogP contribution in [-0.2, 0) is 50.8 Å². The molecule has 1 unspecified atom stereocenters. The summed E-state index contributed by atoms with van der Waals surface area (Å²) < 4.78 is 21.6. The summed E-state index contributed by atoms with van der Waals surface area (Å²) in [6.07, 6.45) is 29.7. The van der Waals surface area contributed by atoms with Crippen molar-refractivity contribution in [1.82, 2.24) is 30.4 Å². The molecule has 0 saturated heterocycles.